The van der Waals surface area contributed by atoms with Gasteiger partial charge in [-0.25, -0.2) is 14.6 Å². The van der Waals surface area contributed by atoms with Gasteiger partial charge in [0.2, 0.25) is 0 Å². The summed E-state index contributed by atoms with van der Waals surface area (Å²) in [4.78, 5) is 8.79. The third kappa shape index (κ3) is 2.75. The summed E-state index contributed by atoms with van der Waals surface area (Å²) in [6, 6.07) is 7.99. The Hall–Kier alpha value is -2.18. The number of hydrogen-bond donors (Lipinski definition) is 2. The van der Waals surface area contributed by atoms with E-state index in [2.05, 4.69) is 25.7 Å². The van der Waals surface area contributed by atoms with Crippen molar-refractivity contribution in [3.05, 3.63) is 41.8 Å². The number of hydrogen-bond acceptors (Lipinski definition) is 5. The summed E-state index contributed by atoms with van der Waals surface area (Å²) in [6.45, 7) is 2.03. The van der Waals surface area contributed by atoms with Crippen molar-refractivity contribution in [1.82, 2.24) is 25.1 Å². The van der Waals surface area contributed by atoms with Gasteiger partial charge in [-0.05, 0) is 38.1 Å². The third-order valence-corrected chi connectivity index (χ3v) is 4.50. The van der Waals surface area contributed by atoms with Crippen LogP contribution in [-0.4, -0.2) is 32.8 Å². The van der Waals surface area contributed by atoms with Gasteiger partial charge < -0.3 is 10.6 Å². The summed E-state index contributed by atoms with van der Waals surface area (Å²) >= 11 is 6.22. The first-order valence-corrected chi connectivity index (χ1v) is 8.11. The highest BCUT2D eigenvalue weighted by Crippen LogP contribution is 2.29. The fourth-order valence-electron chi connectivity index (χ4n) is 2.97. The number of halogens is 1. The Morgan fingerprint density at radius 3 is 2.83 bits per heavy atom. The largest absolute Gasteiger partial charge is 0.338 e. The first-order chi connectivity index (χ1) is 11.3. The summed E-state index contributed by atoms with van der Waals surface area (Å²) < 4.78 is 2.02. The molecule has 23 heavy (non-hydrogen) atoms. The van der Waals surface area contributed by atoms with Gasteiger partial charge >= 0.3 is 0 Å². The van der Waals surface area contributed by atoms with Crippen LogP contribution in [0, 0.1) is 0 Å². The van der Waals surface area contributed by atoms with E-state index >= 15 is 0 Å². The third-order valence-electron chi connectivity index (χ3n) is 4.17. The lowest BCUT2D eigenvalue weighted by Gasteiger charge is -2.23. The topological polar surface area (TPSA) is 67.7 Å². The van der Waals surface area contributed by atoms with Gasteiger partial charge in [0.05, 0.1) is 28.3 Å². The SMILES string of the molecule is Clc1ccccc1Nc1ncnc2c1cnn2C1CCNCC1. The molecule has 4 rings (SSSR count). The smallest absolute Gasteiger partial charge is 0.163 e. The Balaban J connectivity index is 1.71. The first kappa shape index (κ1) is 14.4. The first-order valence-electron chi connectivity index (χ1n) is 7.73. The predicted molar refractivity (Wildman–Crippen MR) is 91.2 cm³/mol. The molecule has 6 nitrogen and oxygen atoms in total. The van der Waals surface area contributed by atoms with Gasteiger partial charge in [0.25, 0.3) is 0 Å². The Morgan fingerprint density at radius 1 is 1.17 bits per heavy atom. The van der Waals surface area contributed by atoms with Crippen molar-refractivity contribution in [3.63, 3.8) is 0 Å². The van der Waals surface area contributed by atoms with Crippen molar-refractivity contribution in [2.75, 3.05) is 18.4 Å². The maximum Gasteiger partial charge on any atom is 0.163 e. The predicted octanol–water partition coefficient (Wildman–Crippen LogP) is 3.15. The minimum atomic E-state index is 0.386. The number of fused-ring (bicyclic) bond motifs is 1. The van der Waals surface area contributed by atoms with Crippen molar-refractivity contribution in [2.24, 2.45) is 0 Å². The van der Waals surface area contributed by atoms with Crippen molar-refractivity contribution in [2.45, 2.75) is 18.9 Å². The zero-order chi connectivity index (χ0) is 15.6. The van der Waals surface area contributed by atoms with E-state index in [-0.39, 0.29) is 0 Å². The van der Waals surface area contributed by atoms with E-state index in [1.54, 1.807) is 6.33 Å². The Labute approximate surface area is 138 Å². The second-order valence-corrected chi connectivity index (χ2v) is 6.04. The molecule has 2 N–H and O–H groups in total. The van der Waals surface area contributed by atoms with Gasteiger partial charge in [0.1, 0.15) is 12.1 Å². The maximum absolute atomic E-state index is 6.22. The second kappa shape index (κ2) is 6.14. The number of rotatable bonds is 3. The zero-order valence-corrected chi connectivity index (χ0v) is 13.3. The molecule has 1 saturated heterocycles. The van der Waals surface area contributed by atoms with Crippen LogP contribution in [0.5, 0.6) is 0 Å². The molecule has 1 aliphatic rings. The van der Waals surface area contributed by atoms with E-state index < -0.39 is 0 Å². The normalized spacial score (nSPS) is 15.9. The molecule has 0 radical (unpaired) electrons. The number of aromatic nitrogens is 4. The van der Waals surface area contributed by atoms with Gasteiger partial charge in [-0.1, -0.05) is 23.7 Å². The van der Waals surface area contributed by atoms with E-state index in [1.165, 1.54) is 0 Å². The van der Waals surface area contributed by atoms with Crippen LogP contribution in [0.4, 0.5) is 11.5 Å². The zero-order valence-electron chi connectivity index (χ0n) is 12.5. The standard InChI is InChI=1S/C16H17ClN6/c17-13-3-1-2-4-14(13)22-15-12-9-21-23(16(12)20-10-19-15)11-5-7-18-8-6-11/h1-4,9-11,18H,5-8H2,(H,19,20,22). The lowest BCUT2D eigenvalue weighted by molar-refractivity contribution is 0.349. The minimum absolute atomic E-state index is 0.386. The van der Waals surface area contributed by atoms with Gasteiger partial charge in [0.15, 0.2) is 5.65 Å². The van der Waals surface area contributed by atoms with E-state index in [1.807, 2.05) is 35.1 Å². The summed E-state index contributed by atoms with van der Waals surface area (Å²) in [5, 5.41) is 12.8. The molecule has 0 aliphatic carbocycles. The average Bonchev–Trinajstić information content (AvgIpc) is 3.03. The molecule has 0 amide bonds. The number of anilines is 2. The number of nitrogens with one attached hydrogen (secondary N) is 2. The van der Waals surface area contributed by atoms with Gasteiger partial charge in [-0.3, -0.25) is 0 Å². The fourth-order valence-corrected chi connectivity index (χ4v) is 3.15. The molecule has 7 heteroatoms. The van der Waals surface area contributed by atoms with Crippen molar-refractivity contribution in [1.29, 1.82) is 0 Å². The molecule has 0 unspecified atom stereocenters. The van der Waals surface area contributed by atoms with E-state index in [9.17, 15) is 0 Å². The molecule has 1 fully saturated rings. The quantitative estimate of drug-likeness (QED) is 0.773. The molecule has 0 saturated carbocycles. The summed E-state index contributed by atoms with van der Waals surface area (Å²) in [6.07, 6.45) is 5.53. The highest BCUT2D eigenvalue weighted by atomic mass is 35.5. The Kier molecular flexibility index (Phi) is 3.85. The second-order valence-electron chi connectivity index (χ2n) is 5.63. The van der Waals surface area contributed by atoms with Crippen LogP contribution >= 0.6 is 11.6 Å². The molecule has 2 aromatic heterocycles. The number of benzene rings is 1. The number of piperidine rings is 1. The van der Waals surface area contributed by atoms with E-state index in [0.29, 0.717) is 11.1 Å². The highest BCUT2D eigenvalue weighted by molar-refractivity contribution is 6.33. The van der Waals surface area contributed by atoms with Crippen LogP contribution in [-0.2, 0) is 0 Å². The van der Waals surface area contributed by atoms with Crippen LogP contribution in [0.15, 0.2) is 36.8 Å². The fraction of sp³-hybridized carbons (Fsp3) is 0.312. The summed E-state index contributed by atoms with van der Waals surface area (Å²) in [5.74, 6) is 0.725. The molecule has 1 aromatic carbocycles. The van der Waals surface area contributed by atoms with Crippen molar-refractivity contribution < 1.29 is 0 Å². The number of para-hydroxylation sites is 1. The minimum Gasteiger partial charge on any atom is -0.338 e. The maximum atomic E-state index is 6.22. The molecule has 3 heterocycles. The van der Waals surface area contributed by atoms with Crippen LogP contribution in [0.25, 0.3) is 11.0 Å². The van der Waals surface area contributed by atoms with E-state index in [4.69, 9.17) is 11.6 Å². The van der Waals surface area contributed by atoms with Crippen molar-refractivity contribution in [3.8, 4) is 0 Å². The lowest BCUT2D eigenvalue weighted by Crippen LogP contribution is -2.29. The number of nitrogens with zero attached hydrogens (tertiary/aromatic N) is 4. The van der Waals surface area contributed by atoms with Crippen LogP contribution in [0.1, 0.15) is 18.9 Å². The molecule has 118 valence electrons. The van der Waals surface area contributed by atoms with Crippen LogP contribution in [0.2, 0.25) is 5.02 Å². The molecule has 0 bridgehead atoms. The monoisotopic (exact) mass is 328 g/mol. The molecule has 3 aromatic rings. The molecule has 0 spiro atoms. The van der Waals surface area contributed by atoms with Crippen molar-refractivity contribution >= 4 is 34.1 Å². The van der Waals surface area contributed by atoms with Crippen LogP contribution in [0.3, 0.4) is 0 Å². The van der Waals surface area contributed by atoms with Gasteiger partial charge in [0, 0.05) is 0 Å². The lowest BCUT2D eigenvalue weighted by atomic mass is 10.1. The van der Waals surface area contributed by atoms with Gasteiger partial charge in [-0.2, -0.15) is 5.10 Å². The molecule has 1 aliphatic heterocycles. The summed E-state index contributed by atoms with van der Waals surface area (Å²) in [7, 11) is 0. The molecule has 0 atom stereocenters. The Bertz CT molecular complexity index is 824. The molecular weight excluding hydrogens is 312 g/mol. The van der Waals surface area contributed by atoms with Gasteiger partial charge in [-0.15, -0.1) is 0 Å². The Morgan fingerprint density at radius 2 is 2.00 bits per heavy atom. The summed E-state index contributed by atoms with van der Waals surface area (Å²) in [5.41, 5.74) is 1.69. The highest BCUT2D eigenvalue weighted by Gasteiger charge is 2.19. The van der Waals surface area contributed by atoms with E-state index in [0.717, 1.165) is 48.5 Å². The van der Waals surface area contributed by atoms with Crippen LogP contribution < -0.4 is 10.6 Å². The average molecular weight is 329 g/mol. The molecular formula is C16H17ClN6.